The smallest absolute Gasteiger partial charge is 0.462 e. The van der Waals surface area contributed by atoms with Gasteiger partial charge in [0.05, 0.1) is 71.7 Å². The largest absolute Gasteiger partial charge is 0.472 e. The number of Topliss-reactive ketones (excluding diaryl/α,β-unsaturated/α-hetero) is 3. The number of amides is 3. The topological polar surface area (TPSA) is 304 Å². The first-order valence-electron chi connectivity index (χ1n) is 23.7. The van der Waals surface area contributed by atoms with Gasteiger partial charge in [-0.3, -0.25) is 46.9 Å². The highest BCUT2D eigenvalue weighted by molar-refractivity contribution is 7.47. The van der Waals surface area contributed by atoms with Crippen LogP contribution in [0.25, 0.3) is 0 Å². The number of phosphoric acid groups is 2. The Morgan fingerprint density at radius 3 is 1.44 bits per heavy atom. The average molecular weight is 1020 g/mol. The second kappa shape index (κ2) is 39.5. The predicted octanol–water partition coefficient (Wildman–Crippen LogP) is 5.97. The molecule has 396 valence electrons. The summed E-state index contributed by atoms with van der Waals surface area (Å²) in [6.45, 7) is 6.99. The molecule has 0 heterocycles. The van der Waals surface area contributed by atoms with Crippen LogP contribution in [0.1, 0.15) is 151 Å². The first kappa shape index (κ1) is 64.8. The Balaban J connectivity index is 4.87. The van der Waals surface area contributed by atoms with Crippen molar-refractivity contribution in [2.24, 2.45) is 5.92 Å². The zero-order valence-electron chi connectivity index (χ0n) is 41.1. The van der Waals surface area contributed by atoms with Gasteiger partial charge in [-0.15, -0.1) is 0 Å². The van der Waals surface area contributed by atoms with Gasteiger partial charge in [-0.25, -0.2) is 13.9 Å². The van der Waals surface area contributed by atoms with Crippen LogP contribution in [-0.4, -0.2) is 135 Å². The molecule has 3 amide bonds. The van der Waals surface area contributed by atoms with Crippen LogP contribution >= 0.6 is 15.6 Å². The van der Waals surface area contributed by atoms with Crippen molar-refractivity contribution in [3.63, 3.8) is 0 Å². The Hall–Kier alpha value is -3.17. The van der Waals surface area contributed by atoms with Crippen LogP contribution in [0.5, 0.6) is 0 Å². The lowest BCUT2D eigenvalue weighted by Gasteiger charge is -2.21. The first-order valence-corrected chi connectivity index (χ1v) is 26.7. The molecule has 2 unspecified atom stereocenters. The molecule has 0 aliphatic rings. The molecule has 6 atom stereocenters. The van der Waals surface area contributed by atoms with Crippen molar-refractivity contribution in [3.05, 3.63) is 0 Å². The molecule has 22 nitrogen and oxygen atoms in total. The fourth-order valence-electron chi connectivity index (χ4n) is 6.50. The standard InChI is InChI=1S/C44H81N3O19P2/c1-7-9-11-13-15-17-41(65-36(5)50)19-23-59-30-38(29-40(52)27-34(3)48)31-63-67(55,56)61-25-21-45-44(54)46-22-26-62-68(57,58)64-33-39(47-43(53)28-35(4)49)32-60-24-20-42(66-37(6)51)18-16-14-12-10-8-2/h38-39,41-42H,7-33H2,1-6H3,(H,47,53)(H,55,56)(H,57,58)(H2,45,46,54)/t38-,39-,41-,42-/m1/s1. The fraction of sp³-hybridized carbons (Fsp3) is 0.841. The molecule has 0 fully saturated rings. The van der Waals surface area contributed by atoms with E-state index < -0.39 is 95.9 Å². The molecule has 0 aliphatic heterocycles. The van der Waals surface area contributed by atoms with E-state index in [9.17, 15) is 52.5 Å². The van der Waals surface area contributed by atoms with Crippen LogP contribution in [0.4, 0.5) is 4.79 Å². The van der Waals surface area contributed by atoms with Crippen LogP contribution < -0.4 is 16.0 Å². The van der Waals surface area contributed by atoms with Crippen molar-refractivity contribution in [2.45, 2.75) is 169 Å². The Morgan fingerprint density at radius 2 is 0.985 bits per heavy atom. The van der Waals surface area contributed by atoms with Crippen molar-refractivity contribution in [1.82, 2.24) is 16.0 Å². The third kappa shape index (κ3) is 40.7. The summed E-state index contributed by atoms with van der Waals surface area (Å²) in [7, 11) is -9.40. The van der Waals surface area contributed by atoms with Gasteiger partial charge in [-0.1, -0.05) is 65.2 Å². The minimum Gasteiger partial charge on any atom is -0.462 e. The molecule has 0 spiro atoms. The van der Waals surface area contributed by atoms with Gasteiger partial charge in [-0.2, -0.15) is 0 Å². The van der Waals surface area contributed by atoms with Gasteiger partial charge in [0.25, 0.3) is 0 Å². The predicted molar refractivity (Wildman–Crippen MR) is 249 cm³/mol. The third-order valence-electron chi connectivity index (χ3n) is 9.70. The first-order chi connectivity index (χ1) is 32.2. The van der Waals surface area contributed by atoms with Crippen molar-refractivity contribution >= 4 is 56.9 Å². The van der Waals surface area contributed by atoms with E-state index in [-0.39, 0.29) is 70.3 Å². The van der Waals surface area contributed by atoms with Gasteiger partial charge in [0.15, 0.2) is 0 Å². The molecule has 68 heavy (non-hydrogen) atoms. The molecular weight excluding hydrogens is 936 g/mol. The van der Waals surface area contributed by atoms with Gasteiger partial charge in [0.1, 0.15) is 29.6 Å². The summed E-state index contributed by atoms with van der Waals surface area (Å²) in [5, 5.41) is 7.23. The fourth-order valence-corrected chi connectivity index (χ4v) is 8.06. The summed E-state index contributed by atoms with van der Waals surface area (Å²) < 4.78 is 67.4. The van der Waals surface area contributed by atoms with E-state index in [1.54, 1.807) is 0 Å². The number of carbonyl (C=O) groups excluding carboxylic acids is 7. The quantitative estimate of drug-likeness (QED) is 0.0203. The number of ketones is 3. The Bertz CT molecular complexity index is 1460. The lowest BCUT2D eigenvalue weighted by Crippen LogP contribution is -2.42. The number of urea groups is 1. The van der Waals surface area contributed by atoms with Crippen molar-refractivity contribution < 1.29 is 89.5 Å². The van der Waals surface area contributed by atoms with Gasteiger partial charge in [0.2, 0.25) is 5.91 Å². The summed E-state index contributed by atoms with van der Waals surface area (Å²) in [5.41, 5.74) is 0. The maximum Gasteiger partial charge on any atom is 0.472 e. The molecule has 0 saturated heterocycles. The van der Waals surface area contributed by atoms with E-state index in [4.69, 9.17) is 37.0 Å². The van der Waals surface area contributed by atoms with Crippen LogP contribution in [0.2, 0.25) is 0 Å². The second-order valence-corrected chi connectivity index (χ2v) is 19.5. The van der Waals surface area contributed by atoms with Gasteiger partial charge in [0, 0.05) is 52.1 Å². The molecule has 0 aromatic heterocycles. The summed E-state index contributed by atoms with van der Waals surface area (Å²) in [6, 6.07) is -1.75. The zero-order valence-corrected chi connectivity index (χ0v) is 42.9. The lowest BCUT2D eigenvalue weighted by molar-refractivity contribution is -0.148. The highest BCUT2D eigenvalue weighted by Gasteiger charge is 2.27. The summed E-state index contributed by atoms with van der Waals surface area (Å²) in [5.74, 6) is -3.35. The SMILES string of the molecule is CCCCCCC[C@H](CCOC[C@H](COP(=O)(O)OCCNC(=O)NCCOP(=O)(O)OC[C@@H](COCC[C@@H](CCCCCCC)OC(C)=O)NC(=O)CC(C)=O)CC(=O)CC(C)=O)OC(C)=O. The maximum absolute atomic E-state index is 12.6. The molecule has 0 saturated carbocycles. The lowest BCUT2D eigenvalue weighted by atomic mass is 10.0. The highest BCUT2D eigenvalue weighted by atomic mass is 31.2. The van der Waals surface area contributed by atoms with Crippen LogP contribution in [0.15, 0.2) is 0 Å². The third-order valence-corrected chi connectivity index (χ3v) is 11.7. The molecule has 0 rings (SSSR count). The molecule has 0 radical (unpaired) electrons. The minimum atomic E-state index is -4.72. The van der Waals surface area contributed by atoms with Crippen LogP contribution in [0, 0.1) is 5.92 Å². The average Bonchev–Trinajstić information content (AvgIpc) is 3.23. The summed E-state index contributed by atoms with van der Waals surface area (Å²) in [6.07, 6.45) is 10.9. The number of unbranched alkanes of at least 4 members (excludes halogenated alkanes) is 8. The monoisotopic (exact) mass is 1020 g/mol. The van der Waals surface area contributed by atoms with Crippen molar-refractivity contribution in [3.8, 4) is 0 Å². The van der Waals surface area contributed by atoms with E-state index in [1.807, 2.05) is 0 Å². The molecular formula is C44H81N3O19P2. The zero-order chi connectivity index (χ0) is 51.2. The Labute approximate surface area is 402 Å². The van der Waals surface area contributed by atoms with Crippen LogP contribution in [-0.2, 0) is 74.9 Å². The number of hydrogen-bond acceptors (Lipinski definition) is 17. The molecule has 0 bridgehead atoms. The van der Waals surface area contributed by atoms with E-state index in [0.717, 1.165) is 64.2 Å². The summed E-state index contributed by atoms with van der Waals surface area (Å²) >= 11 is 0. The maximum atomic E-state index is 12.6. The van der Waals surface area contributed by atoms with E-state index >= 15 is 0 Å². The van der Waals surface area contributed by atoms with Gasteiger partial charge < -0.3 is 44.7 Å². The number of esters is 2. The Morgan fingerprint density at radius 1 is 0.529 bits per heavy atom. The van der Waals surface area contributed by atoms with Crippen molar-refractivity contribution in [1.29, 1.82) is 0 Å². The molecule has 0 aromatic carbocycles. The normalized spacial score (nSPS) is 14.9. The molecule has 0 aliphatic carbocycles. The number of ether oxygens (including phenoxy) is 4. The highest BCUT2D eigenvalue weighted by Crippen LogP contribution is 2.44. The summed E-state index contributed by atoms with van der Waals surface area (Å²) in [4.78, 5) is 104. The van der Waals surface area contributed by atoms with Gasteiger partial charge in [-0.05, 0) is 39.5 Å². The molecule has 5 N–H and O–H groups in total. The Kier molecular flexibility index (Phi) is 37.7. The minimum absolute atomic E-state index is 0.0623. The van der Waals surface area contributed by atoms with E-state index in [1.165, 1.54) is 27.7 Å². The van der Waals surface area contributed by atoms with E-state index in [2.05, 4.69) is 29.8 Å². The number of hydrogen-bond donors (Lipinski definition) is 5. The van der Waals surface area contributed by atoms with E-state index in [0.29, 0.717) is 25.7 Å². The van der Waals surface area contributed by atoms with Crippen LogP contribution in [0.3, 0.4) is 0 Å². The number of phosphoric ester groups is 2. The number of rotatable bonds is 45. The molecule has 0 aromatic rings. The molecule has 24 heteroatoms. The van der Waals surface area contributed by atoms with Gasteiger partial charge >= 0.3 is 33.6 Å². The van der Waals surface area contributed by atoms with Crippen molar-refractivity contribution in [2.75, 3.05) is 65.9 Å². The number of nitrogens with one attached hydrogen (secondary N) is 3. The number of carbonyl (C=O) groups is 7. The second-order valence-electron chi connectivity index (χ2n) is 16.6.